The van der Waals surface area contributed by atoms with E-state index in [1.165, 1.54) is 6.07 Å². The molecule has 0 aliphatic heterocycles. The maximum Gasteiger partial charge on any atom is 0.141 e. The van der Waals surface area contributed by atoms with Gasteiger partial charge in [0.25, 0.3) is 0 Å². The molecule has 0 unspecified atom stereocenters. The van der Waals surface area contributed by atoms with Gasteiger partial charge in [-0.05, 0) is 28.1 Å². The summed E-state index contributed by atoms with van der Waals surface area (Å²) < 4.78 is 20.9. The quantitative estimate of drug-likeness (QED) is 0.863. The number of hydrogen-bond donors (Lipinski definition) is 0. The Hall–Kier alpha value is -1.36. The van der Waals surface area contributed by atoms with Crippen molar-refractivity contribution in [3.8, 4) is 5.75 Å². The summed E-state index contributed by atoms with van der Waals surface area (Å²) in [5, 5.41) is 0. The molecule has 16 heavy (non-hydrogen) atoms. The topological polar surface area (TPSA) is 27.1 Å². The first-order valence-corrected chi connectivity index (χ1v) is 5.58. The van der Waals surface area contributed by atoms with E-state index in [1.54, 1.807) is 24.7 Å². The molecule has 1 heterocycles. The molecule has 0 aliphatic rings. The van der Waals surface area contributed by atoms with Gasteiger partial charge in [0.05, 0.1) is 17.3 Å². The molecule has 0 bridgehead atoms. The van der Waals surface area contributed by atoms with Gasteiger partial charge in [-0.25, -0.2) is 9.37 Å². The van der Waals surface area contributed by atoms with Gasteiger partial charge in [-0.2, -0.15) is 0 Å². The van der Waals surface area contributed by atoms with E-state index in [0.717, 1.165) is 0 Å². The number of hydrogen-bond acceptors (Lipinski definition) is 2. The fraction of sp³-hybridized carbons (Fsp3) is 0.182. The summed E-state index contributed by atoms with van der Waals surface area (Å²) in [6.07, 6.45) is 5.27. The zero-order valence-electron chi connectivity index (χ0n) is 8.44. The van der Waals surface area contributed by atoms with Crippen LogP contribution in [0.2, 0.25) is 0 Å². The highest BCUT2D eigenvalue weighted by Crippen LogP contribution is 2.20. The molecule has 2 rings (SSSR count). The Morgan fingerprint density at radius 3 is 3.00 bits per heavy atom. The van der Waals surface area contributed by atoms with E-state index in [1.807, 2.05) is 10.8 Å². The smallest absolute Gasteiger partial charge is 0.141 e. The third kappa shape index (κ3) is 2.82. The molecule has 3 nitrogen and oxygen atoms in total. The van der Waals surface area contributed by atoms with E-state index in [-0.39, 0.29) is 5.82 Å². The van der Waals surface area contributed by atoms with Gasteiger partial charge in [-0.15, -0.1) is 0 Å². The van der Waals surface area contributed by atoms with Gasteiger partial charge < -0.3 is 9.30 Å². The number of ether oxygens (including phenoxy) is 1. The van der Waals surface area contributed by atoms with Crippen molar-refractivity contribution in [1.82, 2.24) is 9.55 Å². The molecule has 0 saturated heterocycles. The highest BCUT2D eigenvalue weighted by molar-refractivity contribution is 9.10. The van der Waals surface area contributed by atoms with E-state index >= 15 is 0 Å². The predicted molar refractivity (Wildman–Crippen MR) is 61.8 cm³/mol. The first kappa shape index (κ1) is 11.1. The van der Waals surface area contributed by atoms with Crippen molar-refractivity contribution in [2.24, 2.45) is 0 Å². The normalized spacial score (nSPS) is 10.4. The molecular weight excluding hydrogens is 275 g/mol. The average molecular weight is 285 g/mol. The molecule has 1 aromatic heterocycles. The minimum atomic E-state index is -0.319. The number of imidazole rings is 1. The number of nitrogens with zero attached hydrogens (tertiary/aromatic N) is 2. The van der Waals surface area contributed by atoms with Crippen LogP contribution in [-0.2, 0) is 6.54 Å². The van der Waals surface area contributed by atoms with E-state index in [9.17, 15) is 4.39 Å². The maximum absolute atomic E-state index is 13.1. The van der Waals surface area contributed by atoms with Gasteiger partial charge in [0.2, 0.25) is 0 Å². The highest BCUT2D eigenvalue weighted by atomic mass is 79.9. The summed E-state index contributed by atoms with van der Waals surface area (Å²) in [4.78, 5) is 3.91. The van der Waals surface area contributed by atoms with Crippen molar-refractivity contribution in [2.45, 2.75) is 6.54 Å². The van der Waals surface area contributed by atoms with Crippen molar-refractivity contribution in [2.75, 3.05) is 6.61 Å². The van der Waals surface area contributed by atoms with E-state index in [2.05, 4.69) is 20.9 Å². The molecule has 84 valence electrons. The second-order valence-electron chi connectivity index (χ2n) is 3.22. The van der Waals surface area contributed by atoms with E-state index in [4.69, 9.17) is 4.74 Å². The zero-order valence-corrected chi connectivity index (χ0v) is 10.0. The Bertz CT molecular complexity index is 459. The third-order valence-electron chi connectivity index (χ3n) is 2.07. The second kappa shape index (κ2) is 5.12. The number of rotatable bonds is 4. The fourth-order valence-electron chi connectivity index (χ4n) is 1.25. The number of aromatic nitrogens is 2. The largest absolute Gasteiger partial charge is 0.492 e. The molecule has 0 saturated carbocycles. The van der Waals surface area contributed by atoms with Crippen LogP contribution in [0.1, 0.15) is 0 Å². The van der Waals surface area contributed by atoms with Crippen LogP contribution >= 0.6 is 15.9 Å². The molecule has 0 aliphatic carbocycles. The molecule has 0 amide bonds. The lowest BCUT2D eigenvalue weighted by atomic mass is 10.3. The van der Waals surface area contributed by atoms with Gasteiger partial charge >= 0.3 is 0 Å². The Kier molecular flexibility index (Phi) is 3.56. The van der Waals surface area contributed by atoms with E-state index < -0.39 is 0 Å². The van der Waals surface area contributed by atoms with Gasteiger partial charge in [0, 0.05) is 18.5 Å². The molecule has 0 fully saturated rings. The van der Waals surface area contributed by atoms with Crippen molar-refractivity contribution in [3.63, 3.8) is 0 Å². The highest BCUT2D eigenvalue weighted by Gasteiger charge is 2.01. The Labute approximate surface area is 101 Å². The van der Waals surface area contributed by atoms with Gasteiger partial charge in [-0.1, -0.05) is 0 Å². The van der Waals surface area contributed by atoms with Crippen LogP contribution in [0.3, 0.4) is 0 Å². The van der Waals surface area contributed by atoms with Gasteiger partial charge in [0.1, 0.15) is 18.2 Å². The molecule has 1 aromatic carbocycles. The van der Waals surface area contributed by atoms with E-state index in [0.29, 0.717) is 23.4 Å². The summed E-state index contributed by atoms with van der Waals surface area (Å²) >= 11 is 3.09. The van der Waals surface area contributed by atoms with Gasteiger partial charge in [-0.3, -0.25) is 0 Å². The predicted octanol–water partition coefficient (Wildman–Crippen LogP) is 2.86. The molecular formula is C11H10BrFN2O. The van der Waals surface area contributed by atoms with Crippen LogP contribution in [0, 0.1) is 5.82 Å². The van der Waals surface area contributed by atoms with Crippen molar-refractivity contribution in [3.05, 3.63) is 47.2 Å². The first-order valence-electron chi connectivity index (χ1n) is 4.79. The molecule has 0 atom stereocenters. The van der Waals surface area contributed by atoms with Crippen molar-refractivity contribution >= 4 is 15.9 Å². The third-order valence-corrected chi connectivity index (χ3v) is 2.71. The molecule has 0 spiro atoms. The lowest BCUT2D eigenvalue weighted by Gasteiger charge is -2.07. The van der Waals surface area contributed by atoms with Crippen molar-refractivity contribution in [1.29, 1.82) is 0 Å². The zero-order chi connectivity index (χ0) is 11.4. The first-order chi connectivity index (χ1) is 7.75. The van der Waals surface area contributed by atoms with Crippen LogP contribution in [-0.4, -0.2) is 16.2 Å². The lowest BCUT2D eigenvalue weighted by molar-refractivity contribution is 0.297. The Morgan fingerprint density at radius 2 is 2.31 bits per heavy atom. The van der Waals surface area contributed by atoms with Crippen LogP contribution in [0.5, 0.6) is 5.75 Å². The molecule has 5 heteroatoms. The van der Waals surface area contributed by atoms with Crippen LogP contribution < -0.4 is 4.74 Å². The average Bonchev–Trinajstić information content (AvgIpc) is 2.76. The molecule has 0 radical (unpaired) electrons. The number of halogens is 2. The maximum atomic E-state index is 13.1. The summed E-state index contributed by atoms with van der Waals surface area (Å²) in [6.45, 7) is 1.18. The Morgan fingerprint density at radius 1 is 1.44 bits per heavy atom. The molecule has 2 aromatic rings. The lowest BCUT2D eigenvalue weighted by Crippen LogP contribution is -2.06. The van der Waals surface area contributed by atoms with Gasteiger partial charge in [0.15, 0.2) is 0 Å². The number of benzene rings is 1. The summed E-state index contributed by atoms with van der Waals surface area (Å²) in [5.74, 6) is 0.209. The van der Waals surface area contributed by atoms with Crippen LogP contribution in [0.15, 0.2) is 41.4 Å². The van der Waals surface area contributed by atoms with Crippen LogP contribution in [0.4, 0.5) is 4.39 Å². The fourth-order valence-corrected chi connectivity index (χ4v) is 1.50. The van der Waals surface area contributed by atoms with Crippen LogP contribution in [0.25, 0.3) is 0 Å². The summed E-state index contributed by atoms with van der Waals surface area (Å²) in [6, 6.07) is 4.71. The SMILES string of the molecule is Fc1cc(OCCn2ccnc2)ccc1Br. The minimum Gasteiger partial charge on any atom is -0.492 e. The summed E-state index contributed by atoms with van der Waals surface area (Å²) in [5.41, 5.74) is 0. The minimum absolute atomic E-state index is 0.319. The molecule has 0 N–H and O–H groups in total. The Balaban J connectivity index is 1.87. The standard InChI is InChI=1S/C11H10BrFN2O/c12-10-2-1-9(7-11(10)13)16-6-5-15-4-3-14-8-15/h1-4,7-8H,5-6H2. The second-order valence-corrected chi connectivity index (χ2v) is 4.08. The monoisotopic (exact) mass is 284 g/mol. The van der Waals surface area contributed by atoms with Crippen molar-refractivity contribution < 1.29 is 9.13 Å². The summed E-state index contributed by atoms with van der Waals surface area (Å²) in [7, 11) is 0.